The number of hydrogen-bond donors (Lipinski definition) is 1. The van der Waals surface area contributed by atoms with Gasteiger partial charge in [0, 0.05) is 11.8 Å². The highest BCUT2D eigenvalue weighted by Crippen LogP contribution is 2.16. The van der Waals surface area contributed by atoms with Gasteiger partial charge in [0.2, 0.25) is 0 Å². The van der Waals surface area contributed by atoms with Crippen molar-refractivity contribution in [2.24, 2.45) is 11.8 Å². The lowest BCUT2D eigenvalue weighted by Crippen LogP contribution is -2.31. The maximum absolute atomic E-state index is 12.2. The molecule has 0 saturated heterocycles. The number of benzene rings is 1. The van der Waals surface area contributed by atoms with Crippen molar-refractivity contribution >= 4 is 5.78 Å². The van der Waals surface area contributed by atoms with Crippen LogP contribution < -0.4 is 0 Å². The molecule has 0 saturated carbocycles. The van der Waals surface area contributed by atoms with Gasteiger partial charge in [-0.3, -0.25) is 4.79 Å². The van der Waals surface area contributed by atoms with Crippen LogP contribution in [0.25, 0.3) is 0 Å². The van der Waals surface area contributed by atoms with Crippen molar-refractivity contribution in [1.29, 1.82) is 0 Å². The van der Waals surface area contributed by atoms with Gasteiger partial charge in [-0.1, -0.05) is 50.3 Å². The zero-order valence-electron chi connectivity index (χ0n) is 13.0. The summed E-state index contributed by atoms with van der Waals surface area (Å²) in [7, 11) is 0. The number of carbonyl (C=O) groups excluding carboxylic acids is 1. The molecule has 0 amide bonds. The van der Waals surface area contributed by atoms with E-state index in [1.807, 2.05) is 37.3 Å². The standard InChI is InChI=1S/C18H26O3/c1-4-5-11-17(19)15(3)18(20)14(2)12-21-13-16-9-7-6-8-10-16/h4,6-10,14-15,17,19H,1,5,11-13H2,2-3H3/t14-,15-,17+/m1/s1. The van der Waals surface area contributed by atoms with E-state index in [1.165, 1.54) is 0 Å². The maximum Gasteiger partial charge on any atom is 0.143 e. The largest absolute Gasteiger partial charge is 0.392 e. The highest BCUT2D eigenvalue weighted by molar-refractivity contribution is 5.83. The van der Waals surface area contributed by atoms with Crippen LogP contribution in [-0.2, 0) is 16.1 Å². The van der Waals surface area contributed by atoms with E-state index in [1.54, 1.807) is 13.0 Å². The molecule has 0 fully saturated rings. The molecule has 0 aliphatic carbocycles. The number of allylic oxidation sites excluding steroid dienone is 1. The normalized spacial score (nSPS) is 15.2. The molecule has 1 rings (SSSR count). The van der Waals surface area contributed by atoms with Crippen LogP contribution in [0.4, 0.5) is 0 Å². The number of aliphatic hydroxyl groups excluding tert-OH is 1. The van der Waals surface area contributed by atoms with Gasteiger partial charge in [-0.25, -0.2) is 0 Å². The molecule has 1 aromatic carbocycles. The average molecular weight is 290 g/mol. The Kier molecular flexibility index (Phi) is 7.95. The van der Waals surface area contributed by atoms with Gasteiger partial charge >= 0.3 is 0 Å². The van der Waals surface area contributed by atoms with E-state index >= 15 is 0 Å². The van der Waals surface area contributed by atoms with E-state index in [0.717, 1.165) is 12.0 Å². The fourth-order valence-corrected chi connectivity index (χ4v) is 2.19. The second kappa shape index (κ2) is 9.48. The third-order valence-corrected chi connectivity index (χ3v) is 3.66. The Morgan fingerprint density at radius 1 is 1.33 bits per heavy atom. The number of ketones is 1. The molecular formula is C18H26O3. The van der Waals surface area contributed by atoms with E-state index in [2.05, 4.69) is 6.58 Å². The minimum absolute atomic E-state index is 0.0552. The van der Waals surface area contributed by atoms with Crippen LogP contribution in [0.3, 0.4) is 0 Å². The highest BCUT2D eigenvalue weighted by Gasteiger charge is 2.25. The summed E-state index contributed by atoms with van der Waals surface area (Å²) in [6.45, 7) is 8.14. The fraction of sp³-hybridized carbons (Fsp3) is 0.500. The number of ether oxygens (including phenoxy) is 1. The van der Waals surface area contributed by atoms with Crippen LogP contribution in [0.15, 0.2) is 43.0 Å². The van der Waals surface area contributed by atoms with Gasteiger partial charge in [-0.2, -0.15) is 0 Å². The van der Waals surface area contributed by atoms with Crippen LogP contribution >= 0.6 is 0 Å². The van der Waals surface area contributed by atoms with E-state index in [4.69, 9.17) is 4.74 Å². The van der Waals surface area contributed by atoms with E-state index in [-0.39, 0.29) is 17.6 Å². The Labute approximate surface area is 127 Å². The summed E-state index contributed by atoms with van der Waals surface area (Å²) >= 11 is 0. The summed E-state index contributed by atoms with van der Waals surface area (Å²) in [5.41, 5.74) is 1.09. The molecule has 0 spiro atoms. The zero-order chi connectivity index (χ0) is 15.7. The first-order chi connectivity index (χ1) is 10.1. The summed E-state index contributed by atoms with van der Waals surface area (Å²) in [4.78, 5) is 12.2. The Balaban J connectivity index is 2.34. The molecule has 0 aliphatic rings. The third-order valence-electron chi connectivity index (χ3n) is 3.66. The Morgan fingerprint density at radius 3 is 2.62 bits per heavy atom. The lowest BCUT2D eigenvalue weighted by molar-refractivity contribution is -0.131. The van der Waals surface area contributed by atoms with Crippen molar-refractivity contribution in [2.75, 3.05) is 6.61 Å². The summed E-state index contributed by atoms with van der Waals surface area (Å²) in [6.07, 6.45) is 2.45. The molecule has 0 aliphatic heterocycles. The van der Waals surface area contributed by atoms with Crippen LogP contribution in [0.5, 0.6) is 0 Å². The summed E-state index contributed by atoms with van der Waals surface area (Å²) in [5, 5.41) is 9.96. The molecule has 0 heterocycles. The predicted molar refractivity (Wildman–Crippen MR) is 84.9 cm³/mol. The van der Waals surface area contributed by atoms with E-state index < -0.39 is 6.10 Å². The Bertz CT molecular complexity index is 427. The van der Waals surface area contributed by atoms with Gasteiger partial charge in [-0.15, -0.1) is 6.58 Å². The number of aliphatic hydroxyl groups is 1. The Hall–Kier alpha value is -1.45. The van der Waals surface area contributed by atoms with Crippen molar-refractivity contribution in [3.05, 3.63) is 48.6 Å². The van der Waals surface area contributed by atoms with Crippen molar-refractivity contribution in [2.45, 2.75) is 39.4 Å². The summed E-state index contributed by atoms with van der Waals surface area (Å²) < 4.78 is 5.60. The lowest BCUT2D eigenvalue weighted by Gasteiger charge is -2.21. The van der Waals surface area contributed by atoms with Crippen molar-refractivity contribution in [3.8, 4) is 0 Å². The third kappa shape index (κ3) is 6.23. The molecule has 0 radical (unpaired) electrons. The highest BCUT2D eigenvalue weighted by atomic mass is 16.5. The van der Waals surface area contributed by atoms with Crippen LogP contribution in [0.2, 0.25) is 0 Å². The summed E-state index contributed by atoms with van der Waals surface area (Å²) in [5.74, 6) is -0.512. The number of rotatable bonds is 10. The molecule has 3 heteroatoms. The van der Waals surface area contributed by atoms with Gasteiger partial charge < -0.3 is 9.84 Å². The Morgan fingerprint density at radius 2 is 2.00 bits per heavy atom. The van der Waals surface area contributed by atoms with Gasteiger partial charge in [-0.05, 0) is 18.4 Å². The molecule has 1 N–H and O–H groups in total. The van der Waals surface area contributed by atoms with E-state index in [9.17, 15) is 9.90 Å². The smallest absolute Gasteiger partial charge is 0.143 e. The minimum atomic E-state index is -0.605. The first-order valence-corrected chi connectivity index (χ1v) is 7.50. The van der Waals surface area contributed by atoms with Crippen LogP contribution in [0, 0.1) is 11.8 Å². The number of hydrogen-bond acceptors (Lipinski definition) is 3. The van der Waals surface area contributed by atoms with Crippen LogP contribution in [0.1, 0.15) is 32.3 Å². The van der Waals surface area contributed by atoms with Gasteiger partial charge in [0.05, 0.1) is 19.3 Å². The molecule has 3 nitrogen and oxygen atoms in total. The van der Waals surface area contributed by atoms with Crippen molar-refractivity contribution < 1.29 is 14.6 Å². The van der Waals surface area contributed by atoms with Crippen molar-refractivity contribution in [1.82, 2.24) is 0 Å². The van der Waals surface area contributed by atoms with E-state index in [0.29, 0.717) is 19.6 Å². The number of Topliss-reactive ketones (excluding diaryl/α,β-unsaturated/α-hetero) is 1. The number of carbonyl (C=O) groups is 1. The molecule has 0 bridgehead atoms. The first kappa shape index (κ1) is 17.6. The maximum atomic E-state index is 12.2. The van der Waals surface area contributed by atoms with Gasteiger partial charge in [0.25, 0.3) is 0 Å². The quantitative estimate of drug-likeness (QED) is 0.672. The molecule has 21 heavy (non-hydrogen) atoms. The van der Waals surface area contributed by atoms with Crippen LogP contribution in [-0.4, -0.2) is 23.6 Å². The first-order valence-electron chi connectivity index (χ1n) is 7.50. The molecule has 1 aromatic rings. The molecule has 3 atom stereocenters. The second-order valence-corrected chi connectivity index (χ2v) is 5.53. The SMILES string of the molecule is C=CCC[C@H](O)[C@@H](C)C(=O)[C@H](C)COCc1ccccc1. The lowest BCUT2D eigenvalue weighted by atomic mass is 9.89. The molecule has 116 valence electrons. The fourth-order valence-electron chi connectivity index (χ4n) is 2.19. The average Bonchev–Trinajstić information content (AvgIpc) is 2.52. The second-order valence-electron chi connectivity index (χ2n) is 5.53. The monoisotopic (exact) mass is 290 g/mol. The minimum Gasteiger partial charge on any atom is -0.392 e. The summed E-state index contributed by atoms with van der Waals surface area (Å²) in [6, 6.07) is 9.88. The molecule has 0 aromatic heterocycles. The topological polar surface area (TPSA) is 46.5 Å². The zero-order valence-corrected chi connectivity index (χ0v) is 13.0. The van der Waals surface area contributed by atoms with Crippen molar-refractivity contribution in [3.63, 3.8) is 0 Å². The molecule has 0 unspecified atom stereocenters. The van der Waals surface area contributed by atoms with Gasteiger partial charge in [0.1, 0.15) is 5.78 Å². The molecular weight excluding hydrogens is 264 g/mol. The van der Waals surface area contributed by atoms with Gasteiger partial charge in [0.15, 0.2) is 0 Å². The predicted octanol–water partition coefficient (Wildman–Crippen LogP) is 3.37.